The second-order valence-electron chi connectivity index (χ2n) is 5.67. The van der Waals surface area contributed by atoms with Crippen molar-refractivity contribution in [1.82, 2.24) is 10.2 Å². The Hall–Kier alpha value is -2.30. The summed E-state index contributed by atoms with van der Waals surface area (Å²) in [5.41, 5.74) is 2.69. The smallest absolute Gasteiger partial charge is 0.305 e. The van der Waals surface area contributed by atoms with E-state index >= 15 is 0 Å². The SMILES string of the molecule is CCOC(=O)CCCNC(=NC)N1CC=C(c2ccccc2)CC1. The third kappa shape index (κ3) is 5.41. The molecule has 0 amide bonds. The van der Waals surface area contributed by atoms with E-state index in [1.807, 2.05) is 13.0 Å². The molecule has 0 spiro atoms. The zero-order valence-corrected chi connectivity index (χ0v) is 14.6. The first-order valence-corrected chi connectivity index (χ1v) is 8.60. The van der Waals surface area contributed by atoms with Crippen LogP contribution in [0.4, 0.5) is 0 Å². The van der Waals surface area contributed by atoms with Crippen molar-refractivity contribution in [1.29, 1.82) is 0 Å². The summed E-state index contributed by atoms with van der Waals surface area (Å²) in [6.45, 7) is 4.78. The minimum absolute atomic E-state index is 0.136. The van der Waals surface area contributed by atoms with E-state index in [1.165, 1.54) is 11.1 Å². The highest BCUT2D eigenvalue weighted by atomic mass is 16.5. The van der Waals surface area contributed by atoms with Crippen LogP contribution in [0.15, 0.2) is 41.4 Å². The van der Waals surface area contributed by atoms with Gasteiger partial charge in [0.1, 0.15) is 0 Å². The van der Waals surface area contributed by atoms with Crippen LogP contribution in [0.5, 0.6) is 0 Å². The van der Waals surface area contributed by atoms with E-state index in [2.05, 4.69) is 45.6 Å². The molecule has 1 aliphatic heterocycles. The number of carbonyl (C=O) groups is 1. The second kappa shape index (κ2) is 9.75. The molecule has 2 rings (SSSR count). The highest BCUT2D eigenvalue weighted by molar-refractivity contribution is 5.81. The first-order chi connectivity index (χ1) is 11.7. The van der Waals surface area contributed by atoms with Crippen LogP contribution in [0.1, 0.15) is 31.7 Å². The number of hydrogen-bond donors (Lipinski definition) is 1. The number of carbonyl (C=O) groups excluding carboxylic acids is 1. The Morgan fingerprint density at radius 1 is 1.33 bits per heavy atom. The minimum Gasteiger partial charge on any atom is -0.466 e. The minimum atomic E-state index is -0.136. The largest absolute Gasteiger partial charge is 0.466 e. The molecule has 0 fully saturated rings. The molecule has 0 atom stereocenters. The average Bonchev–Trinajstić information content (AvgIpc) is 2.63. The Labute approximate surface area is 144 Å². The normalized spacial score (nSPS) is 15.0. The van der Waals surface area contributed by atoms with E-state index in [0.717, 1.165) is 38.4 Å². The third-order valence-electron chi connectivity index (χ3n) is 4.01. The highest BCUT2D eigenvalue weighted by Gasteiger charge is 2.15. The van der Waals surface area contributed by atoms with E-state index in [4.69, 9.17) is 4.74 Å². The maximum Gasteiger partial charge on any atom is 0.305 e. The predicted octanol–water partition coefficient (Wildman–Crippen LogP) is 2.69. The number of nitrogens with one attached hydrogen (secondary N) is 1. The molecule has 5 heteroatoms. The van der Waals surface area contributed by atoms with Crippen molar-refractivity contribution in [2.45, 2.75) is 26.2 Å². The van der Waals surface area contributed by atoms with Crippen molar-refractivity contribution in [3.05, 3.63) is 42.0 Å². The van der Waals surface area contributed by atoms with Gasteiger partial charge in [-0.3, -0.25) is 9.79 Å². The fourth-order valence-electron chi connectivity index (χ4n) is 2.77. The third-order valence-corrected chi connectivity index (χ3v) is 4.01. The number of guanidine groups is 1. The van der Waals surface area contributed by atoms with E-state index in [9.17, 15) is 4.79 Å². The molecule has 0 saturated carbocycles. The standard InChI is InChI=1S/C19H27N3O2/c1-3-24-18(23)10-7-13-21-19(20-2)22-14-11-17(12-15-22)16-8-5-4-6-9-16/h4-6,8-9,11H,3,7,10,12-15H2,1-2H3,(H,20,21). The molecular formula is C19H27N3O2. The molecule has 1 aliphatic rings. The molecular weight excluding hydrogens is 302 g/mol. The molecule has 1 aromatic carbocycles. The Morgan fingerprint density at radius 3 is 2.75 bits per heavy atom. The lowest BCUT2D eigenvalue weighted by atomic mass is 10.00. The number of ether oxygens (including phenoxy) is 1. The van der Waals surface area contributed by atoms with Gasteiger partial charge in [0.15, 0.2) is 5.96 Å². The maximum absolute atomic E-state index is 11.3. The summed E-state index contributed by atoms with van der Waals surface area (Å²) in [7, 11) is 1.80. The average molecular weight is 329 g/mol. The van der Waals surface area contributed by atoms with Gasteiger partial charge < -0.3 is 15.0 Å². The zero-order chi connectivity index (χ0) is 17.2. The van der Waals surface area contributed by atoms with Crippen LogP contribution in [0.25, 0.3) is 5.57 Å². The van der Waals surface area contributed by atoms with Crippen molar-refractivity contribution < 1.29 is 9.53 Å². The van der Waals surface area contributed by atoms with Gasteiger partial charge in [-0.1, -0.05) is 36.4 Å². The second-order valence-corrected chi connectivity index (χ2v) is 5.67. The molecule has 0 saturated heterocycles. The lowest BCUT2D eigenvalue weighted by Gasteiger charge is -2.29. The summed E-state index contributed by atoms with van der Waals surface area (Å²) >= 11 is 0. The topological polar surface area (TPSA) is 53.9 Å². The van der Waals surface area contributed by atoms with Gasteiger partial charge in [-0.15, -0.1) is 0 Å². The molecule has 0 aliphatic carbocycles. The van der Waals surface area contributed by atoms with Gasteiger partial charge in [0.2, 0.25) is 0 Å². The quantitative estimate of drug-likeness (QED) is 0.377. The van der Waals surface area contributed by atoms with Crippen LogP contribution in [-0.2, 0) is 9.53 Å². The summed E-state index contributed by atoms with van der Waals surface area (Å²) < 4.78 is 4.93. The molecule has 0 radical (unpaired) electrons. The van der Waals surface area contributed by atoms with Crippen LogP contribution in [0.3, 0.4) is 0 Å². The number of aliphatic imine (C=N–C) groups is 1. The van der Waals surface area contributed by atoms with E-state index in [1.54, 1.807) is 7.05 Å². The fourth-order valence-corrected chi connectivity index (χ4v) is 2.77. The summed E-state index contributed by atoms with van der Waals surface area (Å²) in [5.74, 6) is 0.755. The van der Waals surface area contributed by atoms with E-state index < -0.39 is 0 Å². The molecule has 0 unspecified atom stereocenters. The van der Waals surface area contributed by atoms with E-state index in [-0.39, 0.29) is 5.97 Å². The van der Waals surface area contributed by atoms with Crippen LogP contribution in [0.2, 0.25) is 0 Å². The molecule has 0 bridgehead atoms. The van der Waals surface area contributed by atoms with Gasteiger partial charge in [0.05, 0.1) is 6.61 Å². The first-order valence-electron chi connectivity index (χ1n) is 8.60. The summed E-state index contributed by atoms with van der Waals surface area (Å²) in [6, 6.07) is 10.5. The van der Waals surface area contributed by atoms with Gasteiger partial charge in [0, 0.05) is 33.1 Å². The fraction of sp³-hybridized carbons (Fsp3) is 0.474. The lowest BCUT2D eigenvalue weighted by molar-refractivity contribution is -0.143. The van der Waals surface area contributed by atoms with Crippen LogP contribution < -0.4 is 5.32 Å². The molecule has 1 heterocycles. The number of benzene rings is 1. The lowest BCUT2D eigenvalue weighted by Crippen LogP contribution is -2.43. The molecule has 24 heavy (non-hydrogen) atoms. The van der Waals surface area contributed by atoms with Crippen LogP contribution in [-0.4, -0.2) is 50.1 Å². The van der Waals surface area contributed by atoms with Crippen molar-refractivity contribution in [3.63, 3.8) is 0 Å². The number of hydrogen-bond acceptors (Lipinski definition) is 3. The van der Waals surface area contributed by atoms with Crippen LogP contribution >= 0.6 is 0 Å². The Kier molecular flexibility index (Phi) is 7.33. The van der Waals surface area contributed by atoms with E-state index in [0.29, 0.717) is 13.0 Å². The summed E-state index contributed by atoms with van der Waals surface area (Å²) in [6.07, 6.45) is 4.46. The molecule has 0 aromatic heterocycles. The summed E-state index contributed by atoms with van der Waals surface area (Å²) in [5, 5.41) is 3.33. The molecule has 1 N–H and O–H groups in total. The maximum atomic E-state index is 11.3. The molecule has 130 valence electrons. The van der Waals surface area contributed by atoms with Crippen LogP contribution in [0, 0.1) is 0 Å². The predicted molar refractivity (Wildman–Crippen MR) is 97.8 cm³/mol. The summed E-state index contributed by atoms with van der Waals surface area (Å²) in [4.78, 5) is 17.9. The van der Waals surface area contributed by atoms with Crippen molar-refractivity contribution in [3.8, 4) is 0 Å². The zero-order valence-electron chi connectivity index (χ0n) is 14.6. The monoisotopic (exact) mass is 329 g/mol. The Morgan fingerprint density at radius 2 is 2.12 bits per heavy atom. The number of rotatable bonds is 6. The van der Waals surface area contributed by atoms with Gasteiger partial charge in [-0.05, 0) is 30.9 Å². The van der Waals surface area contributed by atoms with Gasteiger partial charge >= 0.3 is 5.97 Å². The van der Waals surface area contributed by atoms with Gasteiger partial charge in [0.25, 0.3) is 0 Å². The Balaban J connectivity index is 1.79. The van der Waals surface area contributed by atoms with Crippen molar-refractivity contribution in [2.75, 3.05) is 33.3 Å². The van der Waals surface area contributed by atoms with Crippen molar-refractivity contribution in [2.24, 2.45) is 4.99 Å². The van der Waals surface area contributed by atoms with Gasteiger partial charge in [-0.2, -0.15) is 0 Å². The number of esters is 1. The molecule has 1 aromatic rings. The number of nitrogens with zero attached hydrogens (tertiary/aromatic N) is 2. The highest BCUT2D eigenvalue weighted by Crippen LogP contribution is 2.21. The first kappa shape index (κ1) is 18.0. The van der Waals surface area contributed by atoms with Gasteiger partial charge in [-0.25, -0.2) is 0 Å². The molecule has 5 nitrogen and oxygen atoms in total. The Bertz CT molecular complexity index is 582. The van der Waals surface area contributed by atoms with Crippen molar-refractivity contribution >= 4 is 17.5 Å².